The number of halogens is 1. The Kier molecular flexibility index (Phi) is 8.52. The van der Waals surface area contributed by atoms with Gasteiger partial charge in [0, 0.05) is 0 Å². The second-order valence-electron chi connectivity index (χ2n) is 5.46. The van der Waals surface area contributed by atoms with Gasteiger partial charge in [-0.25, -0.2) is 4.98 Å². The fraction of sp³-hybridized carbons (Fsp3) is 0.0556. The van der Waals surface area contributed by atoms with E-state index in [1.165, 1.54) is 12.1 Å². The molecule has 0 fully saturated rings. The Morgan fingerprint density at radius 2 is 1.50 bits per heavy atom. The predicted molar refractivity (Wildman–Crippen MR) is 112 cm³/mol. The zero-order valence-corrected chi connectivity index (χ0v) is 16.6. The topological polar surface area (TPSA) is 144 Å². The summed E-state index contributed by atoms with van der Waals surface area (Å²) in [4.78, 5) is 3.82. The minimum absolute atomic E-state index is 0. The highest BCUT2D eigenvalue weighted by atomic mass is 35.5. The molecule has 8 nitrogen and oxygen atoms in total. The number of hydrogen-bond donors (Lipinski definition) is 3. The fourth-order valence-corrected chi connectivity index (χ4v) is 2.36. The molecule has 148 valence electrons. The highest BCUT2D eigenvalue weighted by molar-refractivity contribution is 7.85. The van der Waals surface area contributed by atoms with E-state index in [9.17, 15) is 8.42 Å². The first kappa shape index (κ1) is 23.0. The Bertz CT molecular complexity index is 1030. The molecule has 3 rings (SSSR count). The zero-order valence-electron chi connectivity index (χ0n) is 14.9. The summed E-state index contributed by atoms with van der Waals surface area (Å²) < 4.78 is 29.6. The smallest absolute Gasteiger partial charge is 0.294 e. The van der Waals surface area contributed by atoms with E-state index >= 15 is 0 Å². The number of nitrogens with zero attached hydrogens (tertiary/aromatic N) is 3. The summed E-state index contributed by atoms with van der Waals surface area (Å²) in [6, 6.07) is 18.7. The molecule has 0 aliphatic rings. The van der Waals surface area contributed by atoms with Gasteiger partial charge in [0.1, 0.15) is 11.5 Å². The third-order valence-corrected chi connectivity index (χ3v) is 4.14. The van der Waals surface area contributed by atoms with Crippen LogP contribution in [0, 0.1) is 6.92 Å². The highest BCUT2D eigenvalue weighted by Crippen LogP contribution is 2.23. The molecule has 1 aromatic heterocycles. The van der Waals surface area contributed by atoms with Crippen molar-refractivity contribution in [3.8, 4) is 0 Å². The molecular weight excluding hydrogens is 402 g/mol. The normalized spacial score (nSPS) is 10.6. The van der Waals surface area contributed by atoms with Crippen LogP contribution in [0.25, 0.3) is 0 Å². The van der Waals surface area contributed by atoms with Crippen molar-refractivity contribution in [1.29, 1.82) is 0 Å². The van der Waals surface area contributed by atoms with Gasteiger partial charge in [-0.1, -0.05) is 35.9 Å². The first-order valence-corrected chi connectivity index (χ1v) is 9.22. The number of anilines is 2. The van der Waals surface area contributed by atoms with Crippen molar-refractivity contribution in [3.63, 3.8) is 0 Å². The number of benzene rings is 2. The van der Waals surface area contributed by atoms with E-state index in [2.05, 4.69) is 15.2 Å². The van der Waals surface area contributed by atoms with Crippen molar-refractivity contribution in [2.45, 2.75) is 11.8 Å². The van der Waals surface area contributed by atoms with E-state index in [0.717, 1.165) is 11.3 Å². The molecule has 0 saturated heterocycles. The molecule has 0 bridgehead atoms. The molecule has 10 heteroatoms. The Morgan fingerprint density at radius 1 is 0.893 bits per heavy atom. The van der Waals surface area contributed by atoms with Crippen LogP contribution in [0.1, 0.15) is 5.56 Å². The van der Waals surface area contributed by atoms with Gasteiger partial charge in [-0.3, -0.25) is 4.55 Å². The molecular formula is C18H20ClN5O3S. The molecule has 0 saturated carbocycles. The van der Waals surface area contributed by atoms with Crippen LogP contribution in [0.3, 0.4) is 0 Å². The maximum Gasteiger partial charge on any atom is 0.294 e. The summed E-state index contributed by atoms with van der Waals surface area (Å²) in [7, 11) is -4.02. The number of rotatable bonds is 3. The monoisotopic (exact) mass is 421 g/mol. The van der Waals surface area contributed by atoms with Gasteiger partial charge in [-0.2, -0.15) is 13.5 Å². The molecule has 0 radical (unpaired) electrons. The average Bonchev–Trinajstić information content (AvgIpc) is 2.62. The van der Waals surface area contributed by atoms with Gasteiger partial charge in [0.2, 0.25) is 0 Å². The van der Waals surface area contributed by atoms with Crippen molar-refractivity contribution in [1.82, 2.24) is 4.98 Å². The lowest BCUT2D eigenvalue weighted by atomic mass is 10.2. The molecule has 0 unspecified atom stereocenters. The first-order chi connectivity index (χ1) is 12.8. The maximum absolute atomic E-state index is 10.5. The summed E-state index contributed by atoms with van der Waals surface area (Å²) in [5.74, 6) is 0.649. The summed E-state index contributed by atoms with van der Waals surface area (Å²) in [6.07, 6.45) is 0. The van der Waals surface area contributed by atoms with Gasteiger partial charge in [-0.15, -0.1) is 17.5 Å². The van der Waals surface area contributed by atoms with E-state index in [1.807, 2.05) is 37.3 Å². The highest BCUT2D eigenvalue weighted by Gasteiger charge is 2.06. The standard InChI is InChI=1S/C11H11N5.C7H8O3S.ClH/c12-10-7-6-9(11(13)14-10)16-15-8-4-2-1-3-5-8;1-6-2-4-7(5-3-6)11(8,9)10;/h1-7H,(H4,12,13,14);2-5H,1H3,(H,8,9,10);1H/b16-15+;;. The summed E-state index contributed by atoms with van der Waals surface area (Å²) in [5.41, 5.74) is 13.3. The van der Waals surface area contributed by atoms with E-state index in [0.29, 0.717) is 11.5 Å². The molecule has 28 heavy (non-hydrogen) atoms. The minimum atomic E-state index is -4.02. The number of hydrogen-bond acceptors (Lipinski definition) is 7. The number of nitrogen functional groups attached to an aromatic ring is 2. The predicted octanol–water partition coefficient (Wildman–Crippen LogP) is 4.32. The Balaban J connectivity index is 0.000000289. The van der Waals surface area contributed by atoms with Crippen LogP contribution in [-0.4, -0.2) is 18.0 Å². The van der Waals surface area contributed by atoms with Gasteiger partial charge in [-0.05, 0) is 43.3 Å². The van der Waals surface area contributed by atoms with E-state index in [1.54, 1.807) is 24.3 Å². The molecule has 1 heterocycles. The Hall–Kier alpha value is -3.01. The lowest BCUT2D eigenvalue weighted by molar-refractivity contribution is 0.483. The lowest BCUT2D eigenvalue weighted by Crippen LogP contribution is -1.96. The fourth-order valence-electron chi connectivity index (χ4n) is 1.88. The van der Waals surface area contributed by atoms with Crippen LogP contribution in [0.5, 0.6) is 0 Å². The number of pyridine rings is 1. The van der Waals surface area contributed by atoms with E-state index < -0.39 is 10.1 Å². The van der Waals surface area contributed by atoms with Crippen LogP contribution in [0.15, 0.2) is 81.9 Å². The van der Waals surface area contributed by atoms with Gasteiger partial charge < -0.3 is 11.5 Å². The van der Waals surface area contributed by atoms with Crippen LogP contribution < -0.4 is 11.5 Å². The Labute approximate surface area is 169 Å². The Morgan fingerprint density at radius 3 is 2.04 bits per heavy atom. The van der Waals surface area contributed by atoms with E-state index in [-0.39, 0.29) is 23.1 Å². The molecule has 2 aromatic carbocycles. The summed E-state index contributed by atoms with van der Waals surface area (Å²) in [5, 5.41) is 8.03. The van der Waals surface area contributed by atoms with Crippen LogP contribution in [0.2, 0.25) is 0 Å². The number of azo groups is 1. The number of aryl methyl sites for hydroxylation is 1. The average molecular weight is 422 g/mol. The van der Waals surface area contributed by atoms with Gasteiger partial charge >= 0.3 is 0 Å². The summed E-state index contributed by atoms with van der Waals surface area (Å²) >= 11 is 0. The maximum atomic E-state index is 10.5. The SMILES string of the molecule is Cc1ccc(S(=O)(=O)O)cc1.Cl.Nc1ccc(/N=N/c2ccccc2)c(N)n1. The molecule has 0 amide bonds. The largest absolute Gasteiger partial charge is 0.384 e. The molecule has 0 atom stereocenters. The van der Waals surface area contributed by atoms with Gasteiger partial charge in [0.15, 0.2) is 5.82 Å². The van der Waals surface area contributed by atoms with Gasteiger partial charge in [0.05, 0.1) is 10.6 Å². The van der Waals surface area contributed by atoms with Crippen molar-refractivity contribution in [2.24, 2.45) is 10.2 Å². The summed E-state index contributed by atoms with van der Waals surface area (Å²) in [6.45, 7) is 1.84. The second-order valence-corrected chi connectivity index (χ2v) is 6.89. The van der Waals surface area contributed by atoms with Crippen LogP contribution >= 0.6 is 12.4 Å². The third-order valence-electron chi connectivity index (χ3n) is 3.27. The first-order valence-electron chi connectivity index (χ1n) is 7.78. The van der Waals surface area contributed by atoms with Gasteiger partial charge in [0.25, 0.3) is 10.1 Å². The van der Waals surface area contributed by atoms with Crippen molar-refractivity contribution < 1.29 is 13.0 Å². The molecule has 0 aliphatic heterocycles. The molecule has 0 aliphatic carbocycles. The van der Waals surface area contributed by atoms with Crippen molar-refractivity contribution in [2.75, 3.05) is 11.5 Å². The lowest BCUT2D eigenvalue weighted by Gasteiger charge is -1.98. The third kappa shape index (κ3) is 7.31. The number of aromatic nitrogens is 1. The quantitative estimate of drug-likeness (QED) is 0.424. The van der Waals surface area contributed by atoms with Crippen molar-refractivity contribution in [3.05, 3.63) is 72.3 Å². The second kappa shape index (κ2) is 10.4. The minimum Gasteiger partial charge on any atom is -0.384 e. The molecule has 3 aromatic rings. The van der Waals surface area contributed by atoms with Crippen LogP contribution in [0.4, 0.5) is 23.0 Å². The van der Waals surface area contributed by atoms with Crippen molar-refractivity contribution >= 4 is 45.5 Å². The van der Waals surface area contributed by atoms with E-state index in [4.69, 9.17) is 16.0 Å². The van der Waals surface area contributed by atoms with Crippen LogP contribution in [-0.2, 0) is 10.1 Å². The molecule has 0 spiro atoms. The zero-order chi connectivity index (χ0) is 19.9. The molecule has 5 N–H and O–H groups in total. The number of nitrogens with two attached hydrogens (primary N) is 2.